The second kappa shape index (κ2) is 8.96. The molecule has 0 saturated carbocycles. The molecule has 0 amide bonds. The summed E-state index contributed by atoms with van der Waals surface area (Å²) in [6, 6.07) is 49.8. The van der Waals surface area contributed by atoms with E-state index in [1.165, 1.54) is 47.1 Å². The van der Waals surface area contributed by atoms with E-state index in [2.05, 4.69) is 144 Å². The molecular weight excluding hydrogens is 555 g/mol. The maximum atomic E-state index is 5.47. The van der Waals surface area contributed by atoms with E-state index in [-0.39, 0.29) is 0 Å². The fraction of sp³-hybridized carbons (Fsp3) is 0. The van der Waals surface area contributed by atoms with Crippen molar-refractivity contribution in [3.63, 3.8) is 0 Å². The number of para-hydroxylation sites is 1. The molecule has 0 aliphatic heterocycles. The molecule has 0 saturated heterocycles. The SMILES string of the molecule is c1ccc(-c2nc(-n3c4ccccc4c4c5c(ccc43)sc3ccccc35)nc3c4ccccc4c4ccccc4c23)cc1. The molecule has 0 fully saturated rings. The third-order valence-electron chi connectivity index (χ3n) is 8.99. The molecule has 7 aromatic carbocycles. The first-order valence-electron chi connectivity index (χ1n) is 14.9. The van der Waals surface area contributed by atoms with Crippen molar-refractivity contribution in [3.05, 3.63) is 140 Å². The van der Waals surface area contributed by atoms with Crippen molar-refractivity contribution < 1.29 is 0 Å². The second-order valence-electron chi connectivity index (χ2n) is 11.3. The summed E-state index contributed by atoms with van der Waals surface area (Å²) in [6.07, 6.45) is 0. The van der Waals surface area contributed by atoms with Crippen LogP contribution in [0.5, 0.6) is 0 Å². The Hall–Kier alpha value is -5.58. The van der Waals surface area contributed by atoms with E-state index < -0.39 is 0 Å². The molecule has 0 aliphatic rings. The predicted molar refractivity (Wildman–Crippen MR) is 187 cm³/mol. The number of hydrogen-bond donors (Lipinski definition) is 0. The molecule has 3 aromatic heterocycles. The van der Waals surface area contributed by atoms with Crippen molar-refractivity contribution in [1.29, 1.82) is 0 Å². The van der Waals surface area contributed by atoms with Crippen LogP contribution in [0.15, 0.2) is 140 Å². The number of fused-ring (bicyclic) bond motifs is 13. The lowest BCUT2D eigenvalue weighted by Crippen LogP contribution is -2.04. The molecule has 0 atom stereocenters. The van der Waals surface area contributed by atoms with Gasteiger partial charge in [-0.1, -0.05) is 115 Å². The van der Waals surface area contributed by atoms with Crippen LogP contribution in [0, 0.1) is 0 Å². The molecule has 44 heavy (non-hydrogen) atoms. The first-order valence-corrected chi connectivity index (χ1v) is 15.7. The van der Waals surface area contributed by atoms with E-state index in [1.807, 2.05) is 11.3 Å². The maximum Gasteiger partial charge on any atom is 0.235 e. The molecule has 4 heteroatoms. The zero-order valence-corrected chi connectivity index (χ0v) is 24.3. The van der Waals surface area contributed by atoms with Crippen molar-refractivity contribution in [2.24, 2.45) is 0 Å². The van der Waals surface area contributed by atoms with Gasteiger partial charge >= 0.3 is 0 Å². The third-order valence-corrected chi connectivity index (χ3v) is 10.1. The summed E-state index contributed by atoms with van der Waals surface area (Å²) in [5.41, 5.74) is 5.21. The van der Waals surface area contributed by atoms with Gasteiger partial charge in [0.15, 0.2) is 0 Å². The molecule has 0 spiro atoms. The van der Waals surface area contributed by atoms with Crippen LogP contribution in [0.1, 0.15) is 0 Å². The van der Waals surface area contributed by atoms with Gasteiger partial charge in [0.1, 0.15) is 0 Å². The second-order valence-corrected chi connectivity index (χ2v) is 12.4. The highest BCUT2D eigenvalue weighted by Crippen LogP contribution is 2.44. The summed E-state index contributed by atoms with van der Waals surface area (Å²) in [7, 11) is 0. The number of nitrogens with zero attached hydrogens (tertiary/aromatic N) is 3. The summed E-state index contributed by atoms with van der Waals surface area (Å²) in [6.45, 7) is 0. The van der Waals surface area contributed by atoms with E-state index in [1.54, 1.807) is 0 Å². The van der Waals surface area contributed by atoms with Gasteiger partial charge in [-0.3, -0.25) is 4.57 Å². The quantitative estimate of drug-likeness (QED) is 0.191. The molecule has 0 aliphatic carbocycles. The number of thiophene rings is 1. The van der Waals surface area contributed by atoms with Crippen LogP contribution < -0.4 is 0 Å². The Morgan fingerprint density at radius 3 is 1.86 bits per heavy atom. The van der Waals surface area contributed by atoms with Crippen molar-refractivity contribution >= 4 is 85.8 Å². The Morgan fingerprint density at radius 2 is 1.05 bits per heavy atom. The standard InChI is InChI=1S/C40H23N3S/c1-2-12-24(13-3-1)38-37-27-16-6-4-14-25(27)26-15-5-7-17-28(26)39(37)42-40(41-38)43-31-20-10-8-18-29(31)35-32(43)22-23-34-36(35)30-19-9-11-21-33(30)44-34/h1-23H. The van der Waals surface area contributed by atoms with Crippen LogP contribution in [0.4, 0.5) is 0 Å². The lowest BCUT2D eigenvalue weighted by Gasteiger charge is -2.16. The zero-order valence-electron chi connectivity index (χ0n) is 23.5. The van der Waals surface area contributed by atoms with Gasteiger partial charge in [0.25, 0.3) is 0 Å². The Kier molecular flexibility index (Phi) is 4.87. The van der Waals surface area contributed by atoms with Gasteiger partial charge in [0.05, 0.1) is 22.2 Å². The minimum atomic E-state index is 0.682. The van der Waals surface area contributed by atoms with Crippen molar-refractivity contribution in [2.45, 2.75) is 0 Å². The summed E-state index contributed by atoms with van der Waals surface area (Å²) in [4.78, 5) is 10.9. The maximum absolute atomic E-state index is 5.47. The zero-order chi connectivity index (χ0) is 28.8. The molecular formula is C40H23N3S. The molecule has 3 heterocycles. The first kappa shape index (κ1) is 23.9. The monoisotopic (exact) mass is 577 g/mol. The highest BCUT2D eigenvalue weighted by molar-refractivity contribution is 7.26. The third kappa shape index (κ3) is 3.20. The first-order chi connectivity index (χ1) is 21.8. The highest BCUT2D eigenvalue weighted by atomic mass is 32.1. The van der Waals surface area contributed by atoms with E-state index in [0.717, 1.165) is 38.6 Å². The van der Waals surface area contributed by atoms with E-state index in [0.29, 0.717) is 5.95 Å². The number of rotatable bonds is 2. The van der Waals surface area contributed by atoms with Gasteiger partial charge in [-0.2, -0.15) is 0 Å². The van der Waals surface area contributed by atoms with Gasteiger partial charge in [-0.15, -0.1) is 11.3 Å². The van der Waals surface area contributed by atoms with Crippen LogP contribution in [-0.2, 0) is 0 Å². The average Bonchev–Trinajstić information content (AvgIpc) is 3.64. The normalized spacial score (nSPS) is 12.1. The summed E-state index contributed by atoms with van der Waals surface area (Å²) < 4.78 is 4.87. The van der Waals surface area contributed by atoms with Crippen LogP contribution >= 0.6 is 11.3 Å². The van der Waals surface area contributed by atoms with E-state index >= 15 is 0 Å². The Bertz CT molecular complexity index is 2770. The smallest absolute Gasteiger partial charge is 0.235 e. The van der Waals surface area contributed by atoms with Gasteiger partial charge in [-0.05, 0) is 40.4 Å². The summed E-state index contributed by atoms with van der Waals surface area (Å²) >= 11 is 1.85. The van der Waals surface area contributed by atoms with Gasteiger partial charge < -0.3 is 0 Å². The van der Waals surface area contributed by atoms with E-state index in [4.69, 9.17) is 9.97 Å². The highest BCUT2D eigenvalue weighted by Gasteiger charge is 2.22. The molecule has 3 nitrogen and oxygen atoms in total. The lowest BCUT2D eigenvalue weighted by atomic mass is 9.94. The van der Waals surface area contributed by atoms with Gasteiger partial charge in [0.2, 0.25) is 5.95 Å². The fourth-order valence-corrected chi connectivity index (χ4v) is 8.27. The van der Waals surface area contributed by atoms with Crippen LogP contribution in [0.2, 0.25) is 0 Å². The number of hydrogen-bond acceptors (Lipinski definition) is 3. The Balaban J connectivity index is 1.43. The van der Waals surface area contributed by atoms with Gasteiger partial charge in [0, 0.05) is 47.3 Å². The molecule has 10 aromatic rings. The van der Waals surface area contributed by atoms with Crippen molar-refractivity contribution in [3.8, 4) is 17.2 Å². The molecule has 10 rings (SSSR count). The van der Waals surface area contributed by atoms with Crippen molar-refractivity contribution in [2.75, 3.05) is 0 Å². The summed E-state index contributed by atoms with van der Waals surface area (Å²) in [5.74, 6) is 0.682. The molecule has 0 N–H and O–H groups in total. The average molecular weight is 578 g/mol. The van der Waals surface area contributed by atoms with Crippen molar-refractivity contribution in [1.82, 2.24) is 14.5 Å². The Labute approximate surface area is 256 Å². The number of benzene rings is 7. The molecule has 0 radical (unpaired) electrons. The van der Waals surface area contributed by atoms with Crippen LogP contribution in [0.3, 0.4) is 0 Å². The lowest BCUT2D eigenvalue weighted by molar-refractivity contribution is 1.02. The fourth-order valence-electron chi connectivity index (χ4n) is 7.15. The predicted octanol–water partition coefficient (Wildman–Crippen LogP) is 11.1. The molecule has 204 valence electrons. The van der Waals surface area contributed by atoms with Crippen LogP contribution in [0.25, 0.3) is 91.6 Å². The minimum Gasteiger partial charge on any atom is -0.278 e. The van der Waals surface area contributed by atoms with Crippen LogP contribution in [-0.4, -0.2) is 14.5 Å². The van der Waals surface area contributed by atoms with E-state index in [9.17, 15) is 0 Å². The summed E-state index contributed by atoms with van der Waals surface area (Å²) in [5, 5.41) is 10.9. The molecule has 0 unspecified atom stereocenters. The number of aromatic nitrogens is 3. The largest absolute Gasteiger partial charge is 0.278 e. The topological polar surface area (TPSA) is 30.7 Å². The van der Waals surface area contributed by atoms with Gasteiger partial charge in [-0.25, -0.2) is 9.97 Å². The molecule has 0 bridgehead atoms. The Morgan fingerprint density at radius 1 is 0.409 bits per heavy atom. The minimum absolute atomic E-state index is 0.682.